The van der Waals surface area contributed by atoms with Gasteiger partial charge in [0, 0.05) is 31.3 Å². The summed E-state index contributed by atoms with van der Waals surface area (Å²) in [7, 11) is 0. The Balaban J connectivity index is 1.71. The molecule has 6 rings (SSSR count). The van der Waals surface area contributed by atoms with Crippen LogP contribution < -0.4 is 0 Å². The first-order valence-electron chi connectivity index (χ1n) is 10.9. The SMILES string of the molecule is Cc1ccc(-c2c(-c3sc4ccccc4c3-c3ccc(C)cc3)sc3ccccc23)cc1. The standard InChI is InChI=1S/C30H22S2/c1-19-11-15-21(16-12-19)27-23-7-3-5-9-25(23)31-29(27)30-28(22-17-13-20(2)14-18-22)24-8-4-6-10-26(24)32-30/h3-18H,1-2H3. The van der Waals surface area contributed by atoms with Crippen LogP contribution in [-0.2, 0) is 0 Å². The molecular weight excluding hydrogens is 424 g/mol. The Kier molecular flexibility index (Phi) is 4.71. The molecule has 2 aromatic heterocycles. The number of benzene rings is 4. The second-order valence-electron chi connectivity index (χ2n) is 8.34. The summed E-state index contributed by atoms with van der Waals surface area (Å²) in [6, 6.07) is 35.6. The molecule has 6 aromatic rings. The van der Waals surface area contributed by atoms with Crippen LogP contribution >= 0.6 is 22.7 Å². The maximum Gasteiger partial charge on any atom is 0.0540 e. The molecule has 0 saturated heterocycles. The zero-order valence-corrected chi connectivity index (χ0v) is 19.7. The molecule has 154 valence electrons. The molecule has 0 radical (unpaired) electrons. The molecule has 0 spiro atoms. The van der Waals surface area contributed by atoms with E-state index in [-0.39, 0.29) is 0 Å². The van der Waals surface area contributed by atoms with Crippen molar-refractivity contribution in [2.45, 2.75) is 13.8 Å². The lowest BCUT2D eigenvalue weighted by molar-refractivity contribution is 1.47. The average molecular weight is 447 g/mol. The largest absolute Gasteiger partial charge is 0.134 e. The fraction of sp³-hybridized carbons (Fsp3) is 0.0667. The van der Waals surface area contributed by atoms with Crippen molar-refractivity contribution >= 4 is 42.8 Å². The molecule has 0 bridgehead atoms. The lowest BCUT2D eigenvalue weighted by Gasteiger charge is -2.09. The van der Waals surface area contributed by atoms with E-state index in [9.17, 15) is 0 Å². The number of thiophene rings is 2. The summed E-state index contributed by atoms with van der Waals surface area (Å²) in [6.07, 6.45) is 0. The number of hydrogen-bond acceptors (Lipinski definition) is 2. The zero-order chi connectivity index (χ0) is 21.7. The predicted molar refractivity (Wildman–Crippen MR) is 143 cm³/mol. The summed E-state index contributed by atoms with van der Waals surface area (Å²) in [5.74, 6) is 0. The molecule has 0 amide bonds. The van der Waals surface area contributed by atoms with Crippen molar-refractivity contribution in [1.82, 2.24) is 0 Å². The van der Waals surface area contributed by atoms with Crippen molar-refractivity contribution in [2.75, 3.05) is 0 Å². The molecular formula is C30H22S2. The molecule has 0 aliphatic rings. The second kappa shape index (κ2) is 7.74. The minimum absolute atomic E-state index is 1.29. The van der Waals surface area contributed by atoms with E-state index in [2.05, 4.69) is 111 Å². The van der Waals surface area contributed by atoms with Gasteiger partial charge in [0.2, 0.25) is 0 Å². The highest BCUT2D eigenvalue weighted by molar-refractivity contribution is 7.29. The Bertz CT molecular complexity index is 1440. The van der Waals surface area contributed by atoms with E-state index in [4.69, 9.17) is 0 Å². The van der Waals surface area contributed by atoms with Gasteiger partial charge in [-0.15, -0.1) is 22.7 Å². The summed E-state index contributed by atoms with van der Waals surface area (Å²) in [6.45, 7) is 4.30. The fourth-order valence-electron chi connectivity index (χ4n) is 4.42. The quantitative estimate of drug-likeness (QED) is 0.254. The first-order valence-corrected chi connectivity index (χ1v) is 12.5. The van der Waals surface area contributed by atoms with Crippen LogP contribution in [0.4, 0.5) is 0 Å². The second-order valence-corrected chi connectivity index (χ2v) is 10.4. The highest BCUT2D eigenvalue weighted by Gasteiger charge is 2.22. The molecule has 0 fully saturated rings. The Morgan fingerprint density at radius 3 is 1.22 bits per heavy atom. The Labute approximate surface area is 196 Å². The molecule has 0 aliphatic carbocycles. The Hall–Kier alpha value is -3.20. The highest BCUT2D eigenvalue weighted by Crippen LogP contribution is 2.52. The minimum Gasteiger partial charge on any atom is -0.134 e. The topological polar surface area (TPSA) is 0 Å². The average Bonchev–Trinajstić information content (AvgIpc) is 3.39. The summed E-state index contributed by atoms with van der Waals surface area (Å²) < 4.78 is 2.68. The van der Waals surface area contributed by atoms with E-state index in [1.54, 1.807) is 0 Å². The molecule has 0 atom stereocenters. The third-order valence-corrected chi connectivity index (χ3v) is 8.58. The third kappa shape index (κ3) is 3.19. The first kappa shape index (κ1) is 19.5. The van der Waals surface area contributed by atoms with Gasteiger partial charge in [0.05, 0.1) is 9.75 Å². The Morgan fingerprint density at radius 2 is 0.812 bits per heavy atom. The van der Waals surface area contributed by atoms with E-state index < -0.39 is 0 Å². The summed E-state index contributed by atoms with van der Waals surface area (Å²) >= 11 is 3.83. The van der Waals surface area contributed by atoms with Gasteiger partial charge in [0.25, 0.3) is 0 Å². The lowest BCUT2D eigenvalue weighted by atomic mass is 9.96. The van der Waals surface area contributed by atoms with Gasteiger partial charge in [-0.1, -0.05) is 96.1 Å². The summed E-state index contributed by atoms with van der Waals surface area (Å²) in [5.41, 5.74) is 7.86. The lowest BCUT2D eigenvalue weighted by Crippen LogP contribution is -1.83. The molecule has 0 saturated carbocycles. The predicted octanol–water partition coefficient (Wildman–Crippen LogP) is 9.73. The number of hydrogen-bond donors (Lipinski definition) is 0. The van der Waals surface area contributed by atoms with Crippen molar-refractivity contribution in [1.29, 1.82) is 0 Å². The van der Waals surface area contributed by atoms with E-state index in [1.165, 1.54) is 63.3 Å². The fourth-order valence-corrected chi connectivity index (χ4v) is 7.02. The van der Waals surface area contributed by atoms with E-state index >= 15 is 0 Å². The summed E-state index contributed by atoms with van der Waals surface area (Å²) in [4.78, 5) is 2.73. The van der Waals surface area contributed by atoms with E-state index in [0.717, 1.165) is 0 Å². The third-order valence-electron chi connectivity index (χ3n) is 6.08. The van der Waals surface area contributed by atoms with Crippen molar-refractivity contribution in [2.24, 2.45) is 0 Å². The van der Waals surface area contributed by atoms with Crippen molar-refractivity contribution < 1.29 is 0 Å². The van der Waals surface area contributed by atoms with Gasteiger partial charge in [-0.3, -0.25) is 0 Å². The van der Waals surface area contributed by atoms with Crippen molar-refractivity contribution in [3.8, 4) is 32.0 Å². The highest BCUT2D eigenvalue weighted by atomic mass is 32.1. The maximum absolute atomic E-state index is 2.27. The van der Waals surface area contributed by atoms with Crippen LogP contribution in [0.1, 0.15) is 11.1 Å². The number of rotatable bonds is 3. The Morgan fingerprint density at radius 1 is 0.438 bits per heavy atom. The molecule has 4 aromatic carbocycles. The molecule has 0 aliphatic heterocycles. The molecule has 0 nitrogen and oxygen atoms in total. The molecule has 2 heterocycles. The van der Waals surface area contributed by atoms with Crippen LogP contribution in [0.3, 0.4) is 0 Å². The zero-order valence-electron chi connectivity index (χ0n) is 18.1. The van der Waals surface area contributed by atoms with Gasteiger partial charge in [-0.25, -0.2) is 0 Å². The maximum atomic E-state index is 2.27. The monoisotopic (exact) mass is 446 g/mol. The van der Waals surface area contributed by atoms with Crippen LogP contribution in [0.15, 0.2) is 97.1 Å². The minimum atomic E-state index is 1.29. The van der Waals surface area contributed by atoms with Crippen LogP contribution in [0, 0.1) is 13.8 Å². The van der Waals surface area contributed by atoms with E-state index in [1.807, 2.05) is 22.7 Å². The van der Waals surface area contributed by atoms with Crippen LogP contribution in [0.25, 0.3) is 52.2 Å². The normalized spacial score (nSPS) is 11.4. The van der Waals surface area contributed by atoms with Crippen LogP contribution in [0.5, 0.6) is 0 Å². The molecule has 32 heavy (non-hydrogen) atoms. The van der Waals surface area contributed by atoms with Crippen LogP contribution in [0.2, 0.25) is 0 Å². The van der Waals surface area contributed by atoms with E-state index in [0.29, 0.717) is 0 Å². The molecule has 2 heteroatoms. The van der Waals surface area contributed by atoms with Crippen molar-refractivity contribution in [3.05, 3.63) is 108 Å². The molecule has 0 N–H and O–H groups in total. The number of aryl methyl sites for hydroxylation is 2. The van der Waals surface area contributed by atoms with Crippen molar-refractivity contribution in [3.63, 3.8) is 0 Å². The number of fused-ring (bicyclic) bond motifs is 2. The van der Waals surface area contributed by atoms with Gasteiger partial charge in [0.1, 0.15) is 0 Å². The van der Waals surface area contributed by atoms with Gasteiger partial charge < -0.3 is 0 Å². The van der Waals surface area contributed by atoms with Crippen LogP contribution in [-0.4, -0.2) is 0 Å². The smallest absolute Gasteiger partial charge is 0.0540 e. The van der Waals surface area contributed by atoms with Gasteiger partial charge >= 0.3 is 0 Å². The summed E-state index contributed by atoms with van der Waals surface area (Å²) in [5, 5.41) is 2.67. The molecule has 0 unspecified atom stereocenters. The van der Waals surface area contributed by atoms with Gasteiger partial charge in [-0.05, 0) is 37.1 Å². The van der Waals surface area contributed by atoms with Gasteiger partial charge in [-0.2, -0.15) is 0 Å². The first-order chi connectivity index (χ1) is 15.7. The van der Waals surface area contributed by atoms with Gasteiger partial charge in [0.15, 0.2) is 0 Å².